The smallest absolute Gasteiger partial charge is 0.242 e. The molecule has 0 aliphatic carbocycles. The predicted molar refractivity (Wildman–Crippen MR) is 91.0 cm³/mol. The molecule has 7 heteroatoms. The van der Waals surface area contributed by atoms with Gasteiger partial charge in [0.05, 0.1) is 5.69 Å². The first-order chi connectivity index (χ1) is 10.9. The van der Waals surface area contributed by atoms with Gasteiger partial charge in [-0.15, -0.1) is 0 Å². The fourth-order valence-electron chi connectivity index (χ4n) is 2.54. The number of carbonyl (C=O) groups excluding carboxylic acids is 3. The first-order valence-electron chi connectivity index (χ1n) is 7.46. The maximum absolute atomic E-state index is 12.5. The first-order valence-corrected chi connectivity index (χ1v) is 8.25. The Bertz CT molecular complexity index is 612. The Balaban J connectivity index is 2.04. The van der Waals surface area contributed by atoms with E-state index in [4.69, 9.17) is 0 Å². The van der Waals surface area contributed by atoms with Crippen LogP contribution in [-0.4, -0.2) is 60.2 Å². The van der Waals surface area contributed by atoms with Crippen molar-refractivity contribution in [1.82, 2.24) is 9.80 Å². The van der Waals surface area contributed by atoms with Gasteiger partial charge in [-0.1, -0.05) is 12.1 Å². The third-order valence-corrected chi connectivity index (χ3v) is 4.57. The zero-order valence-electron chi connectivity index (χ0n) is 13.3. The molecule has 0 saturated carbocycles. The third-order valence-electron chi connectivity index (χ3n) is 3.89. The maximum atomic E-state index is 12.5. The molecule has 1 aliphatic heterocycles. The molecule has 3 amide bonds. The minimum atomic E-state index is -0.187. The molecule has 6 nitrogen and oxygen atoms in total. The van der Waals surface area contributed by atoms with Crippen molar-refractivity contribution in [2.75, 3.05) is 37.6 Å². The van der Waals surface area contributed by atoms with Crippen molar-refractivity contribution in [2.24, 2.45) is 0 Å². The van der Waals surface area contributed by atoms with Crippen LogP contribution < -0.4 is 4.90 Å². The number of para-hydroxylation sites is 1. The van der Waals surface area contributed by atoms with Gasteiger partial charge in [0.1, 0.15) is 6.54 Å². The van der Waals surface area contributed by atoms with Gasteiger partial charge in [-0.3, -0.25) is 14.4 Å². The van der Waals surface area contributed by atoms with E-state index in [9.17, 15) is 14.4 Å². The molecule has 1 aromatic carbocycles. The van der Waals surface area contributed by atoms with Crippen molar-refractivity contribution in [3.05, 3.63) is 28.7 Å². The summed E-state index contributed by atoms with van der Waals surface area (Å²) in [5.41, 5.74) is 0.677. The summed E-state index contributed by atoms with van der Waals surface area (Å²) in [6.45, 7) is 5.05. The summed E-state index contributed by atoms with van der Waals surface area (Å²) >= 11 is 3.41. The summed E-state index contributed by atoms with van der Waals surface area (Å²) in [6.07, 6.45) is 0. The fraction of sp³-hybridized carbons (Fsp3) is 0.438. The predicted octanol–water partition coefficient (Wildman–Crippen LogP) is 1.49. The molecular weight excluding hydrogens is 362 g/mol. The normalized spacial score (nSPS) is 14.6. The average Bonchev–Trinajstić information content (AvgIpc) is 2.53. The van der Waals surface area contributed by atoms with E-state index in [0.717, 1.165) is 4.47 Å². The average molecular weight is 382 g/mol. The molecule has 0 bridgehead atoms. The van der Waals surface area contributed by atoms with Crippen LogP contribution in [0.25, 0.3) is 0 Å². The molecule has 0 atom stereocenters. The molecule has 0 radical (unpaired) electrons. The van der Waals surface area contributed by atoms with Gasteiger partial charge in [-0.2, -0.15) is 0 Å². The summed E-state index contributed by atoms with van der Waals surface area (Å²) in [6, 6.07) is 7.31. The highest BCUT2D eigenvalue weighted by Gasteiger charge is 2.25. The summed E-state index contributed by atoms with van der Waals surface area (Å²) in [5, 5.41) is 0. The van der Waals surface area contributed by atoms with Gasteiger partial charge in [-0.25, -0.2) is 0 Å². The molecule has 0 aromatic heterocycles. The topological polar surface area (TPSA) is 60.9 Å². The van der Waals surface area contributed by atoms with Crippen molar-refractivity contribution in [3.8, 4) is 0 Å². The second-order valence-electron chi connectivity index (χ2n) is 5.44. The van der Waals surface area contributed by atoms with Gasteiger partial charge in [0.2, 0.25) is 17.7 Å². The monoisotopic (exact) mass is 381 g/mol. The largest absolute Gasteiger partial charge is 0.339 e. The molecule has 124 valence electrons. The lowest BCUT2D eigenvalue weighted by atomic mass is 10.2. The van der Waals surface area contributed by atoms with Crippen LogP contribution in [0.1, 0.15) is 13.8 Å². The molecule has 1 fully saturated rings. The van der Waals surface area contributed by atoms with Crippen molar-refractivity contribution in [3.63, 3.8) is 0 Å². The molecule has 0 unspecified atom stereocenters. The number of amides is 3. The van der Waals surface area contributed by atoms with Gasteiger partial charge < -0.3 is 14.7 Å². The molecule has 0 N–H and O–H groups in total. The number of nitrogens with zero attached hydrogens (tertiary/aromatic N) is 3. The van der Waals surface area contributed by atoms with Crippen molar-refractivity contribution in [2.45, 2.75) is 13.8 Å². The Morgan fingerprint density at radius 3 is 2.13 bits per heavy atom. The highest BCUT2D eigenvalue weighted by molar-refractivity contribution is 9.10. The highest BCUT2D eigenvalue weighted by Crippen LogP contribution is 2.25. The van der Waals surface area contributed by atoms with Crippen LogP contribution in [-0.2, 0) is 14.4 Å². The summed E-state index contributed by atoms with van der Waals surface area (Å²) in [7, 11) is 0. The zero-order chi connectivity index (χ0) is 17.0. The Labute approximate surface area is 144 Å². The second kappa shape index (κ2) is 7.59. The summed E-state index contributed by atoms with van der Waals surface area (Å²) < 4.78 is 0.768. The lowest BCUT2D eigenvalue weighted by molar-refractivity contribution is -0.137. The molecule has 1 aliphatic rings. The number of rotatable bonds is 3. The minimum Gasteiger partial charge on any atom is -0.339 e. The highest BCUT2D eigenvalue weighted by atomic mass is 79.9. The number of benzene rings is 1. The van der Waals surface area contributed by atoms with Gasteiger partial charge in [0, 0.05) is 44.5 Å². The van der Waals surface area contributed by atoms with E-state index in [2.05, 4.69) is 15.9 Å². The van der Waals surface area contributed by atoms with Gasteiger partial charge in [-0.05, 0) is 28.1 Å². The van der Waals surface area contributed by atoms with Gasteiger partial charge >= 0.3 is 0 Å². The number of carbonyl (C=O) groups is 3. The van der Waals surface area contributed by atoms with Gasteiger partial charge in [0.25, 0.3) is 0 Å². The third kappa shape index (κ3) is 4.31. The van der Waals surface area contributed by atoms with E-state index in [1.165, 1.54) is 18.7 Å². The Kier molecular flexibility index (Phi) is 5.76. The van der Waals surface area contributed by atoms with E-state index in [1.807, 2.05) is 18.2 Å². The van der Waals surface area contributed by atoms with Crippen LogP contribution >= 0.6 is 15.9 Å². The lowest BCUT2D eigenvalue weighted by Crippen LogP contribution is -2.52. The van der Waals surface area contributed by atoms with Crippen molar-refractivity contribution in [1.29, 1.82) is 0 Å². The Morgan fingerprint density at radius 1 is 1.04 bits per heavy atom. The first kappa shape index (κ1) is 17.5. The molecule has 2 rings (SSSR count). The lowest BCUT2D eigenvalue weighted by Gasteiger charge is -2.35. The molecule has 1 heterocycles. The molecule has 1 saturated heterocycles. The zero-order valence-corrected chi connectivity index (χ0v) is 14.9. The number of hydrogen-bond donors (Lipinski definition) is 0. The number of anilines is 1. The molecular formula is C16H20BrN3O3. The van der Waals surface area contributed by atoms with Crippen LogP contribution in [0.15, 0.2) is 28.7 Å². The quantitative estimate of drug-likeness (QED) is 0.796. The van der Waals surface area contributed by atoms with Crippen LogP contribution in [0.3, 0.4) is 0 Å². The number of hydrogen-bond acceptors (Lipinski definition) is 3. The number of halogens is 1. The summed E-state index contributed by atoms with van der Waals surface area (Å²) in [5.74, 6) is -0.276. The molecule has 0 spiro atoms. The Morgan fingerprint density at radius 2 is 1.61 bits per heavy atom. The van der Waals surface area contributed by atoms with Crippen molar-refractivity contribution >= 4 is 39.3 Å². The fourth-order valence-corrected chi connectivity index (χ4v) is 3.04. The van der Waals surface area contributed by atoms with E-state index >= 15 is 0 Å². The minimum absolute atomic E-state index is 0.00197. The Hall–Kier alpha value is -1.89. The van der Waals surface area contributed by atoms with E-state index in [1.54, 1.807) is 15.9 Å². The SMILES string of the molecule is CC(=O)N1CCN(C(=O)CN(C(C)=O)c2ccccc2Br)CC1. The van der Waals surface area contributed by atoms with Gasteiger partial charge in [0.15, 0.2) is 0 Å². The van der Waals surface area contributed by atoms with Crippen LogP contribution in [0.5, 0.6) is 0 Å². The molecule has 23 heavy (non-hydrogen) atoms. The van der Waals surface area contributed by atoms with Crippen LogP contribution in [0.2, 0.25) is 0 Å². The van der Waals surface area contributed by atoms with E-state index < -0.39 is 0 Å². The van der Waals surface area contributed by atoms with E-state index in [-0.39, 0.29) is 24.3 Å². The maximum Gasteiger partial charge on any atom is 0.242 e. The summed E-state index contributed by atoms with van der Waals surface area (Å²) in [4.78, 5) is 40.6. The second-order valence-corrected chi connectivity index (χ2v) is 6.30. The molecule has 1 aromatic rings. The standard InChI is InChI=1S/C16H20BrN3O3/c1-12(21)18-7-9-19(10-8-18)16(23)11-20(13(2)22)15-6-4-3-5-14(15)17/h3-6H,7-11H2,1-2H3. The number of piperazine rings is 1. The van der Waals surface area contributed by atoms with Crippen LogP contribution in [0.4, 0.5) is 5.69 Å². The van der Waals surface area contributed by atoms with Crippen molar-refractivity contribution < 1.29 is 14.4 Å². The van der Waals surface area contributed by atoms with E-state index in [0.29, 0.717) is 31.9 Å². The van der Waals surface area contributed by atoms with Crippen LogP contribution in [0, 0.1) is 0 Å².